The molecule has 3 rings (SSSR count). The van der Waals surface area contributed by atoms with E-state index in [4.69, 9.17) is 4.42 Å². The molecule has 3 aromatic heterocycles. The number of rotatable bonds is 7. The van der Waals surface area contributed by atoms with Crippen LogP contribution in [0.1, 0.15) is 5.82 Å². The number of aromatic nitrogens is 4. The van der Waals surface area contributed by atoms with E-state index in [9.17, 15) is 0 Å². The van der Waals surface area contributed by atoms with Crippen molar-refractivity contribution in [3.8, 4) is 11.6 Å². The molecule has 0 amide bonds. The predicted molar refractivity (Wildman–Crippen MR) is 91.6 cm³/mol. The average molecular weight is 327 g/mol. The fourth-order valence-electron chi connectivity index (χ4n) is 2.27. The number of aliphatic imine (C=N–C) groups is 1. The number of hydrogen-bond donors (Lipinski definition) is 3. The van der Waals surface area contributed by atoms with Crippen LogP contribution in [0.4, 0.5) is 0 Å². The Morgan fingerprint density at radius 3 is 2.83 bits per heavy atom. The molecule has 0 saturated carbocycles. The van der Waals surface area contributed by atoms with Crippen LogP contribution >= 0.6 is 0 Å². The molecule has 0 spiro atoms. The van der Waals surface area contributed by atoms with E-state index in [0.29, 0.717) is 24.6 Å². The molecule has 3 aromatic rings. The number of H-pyrrole nitrogens is 1. The number of nitrogens with zero attached hydrogens (tertiary/aromatic N) is 4. The SMILES string of the molecule is CN=C(NCCc1nc(-c2ccco2)n[nH]1)NCCn1cccc1. The Morgan fingerprint density at radius 2 is 2.08 bits per heavy atom. The summed E-state index contributed by atoms with van der Waals surface area (Å²) in [7, 11) is 1.76. The second kappa shape index (κ2) is 8.00. The molecule has 24 heavy (non-hydrogen) atoms. The Balaban J connectivity index is 1.40. The zero-order valence-corrected chi connectivity index (χ0v) is 13.6. The second-order valence-electron chi connectivity index (χ2n) is 5.18. The van der Waals surface area contributed by atoms with E-state index in [0.717, 1.165) is 24.9 Å². The van der Waals surface area contributed by atoms with Crippen molar-refractivity contribution in [2.45, 2.75) is 13.0 Å². The number of aromatic amines is 1. The minimum absolute atomic E-state index is 0.573. The number of furan rings is 1. The highest BCUT2D eigenvalue weighted by atomic mass is 16.3. The van der Waals surface area contributed by atoms with Crippen LogP contribution in [0.5, 0.6) is 0 Å². The molecular weight excluding hydrogens is 306 g/mol. The van der Waals surface area contributed by atoms with E-state index >= 15 is 0 Å². The van der Waals surface area contributed by atoms with Gasteiger partial charge < -0.3 is 19.6 Å². The lowest BCUT2D eigenvalue weighted by Crippen LogP contribution is -2.39. The van der Waals surface area contributed by atoms with Crippen molar-refractivity contribution >= 4 is 5.96 Å². The Bertz CT molecular complexity index is 743. The summed E-state index contributed by atoms with van der Waals surface area (Å²) >= 11 is 0. The van der Waals surface area contributed by atoms with Crippen molar-refractivity contribution in [3.63, 3.8) is 0 Å². The normalized spacial score (nSPS) is 11.6. The lowest BCUT2D eigenvalue weighted by molar-refractivity contribution is 0.577. The van der Waals surface area contributed by atoms with Crippen molar-refractivity contribution in [2.24, 2.45) is 4.99 Å². The van der Waals surface area contributed by atoms with Gasteiger partial charge in [-0.3, -0.25) is 10.1 Å². The average Bonchev–Trinajstić information content (AvgIpc) is 3.34. The van der Waals surface area contributed by atoms with Crippen molar-refractivity contribution in [2.75, 3.05) is 20.1 Å². The van der Waals surface area contributed by atoms with E-state index in [-0.39, 0.29) is 0 Å². The molecule has 0 saturated heterocycles. The Hall–Kier alpha value is -3.03. The smallest absolute Gasteiger partial charge is 0.216 e. The van der Waals surface area contributed by atoms with Gasteiger partial charge in [0.2, 0.25) is 5.82 Å². The summed E-state index contributed by atoms with van der Waals surface area (Å²) in [6.45, 7) is 2.40. The molecule has 0 atom stereocenters. The summed E-state index contributed by atoms with van der Waals surface area (Å²) in [5, 5.41) is 13.6. The van der Waals surface area contributed by atoms with Gasteiger partial charge in [-0.1, -0.05) is 0 Å². The second-order valence-corrected chi connectivity index (χ2v) is 5.18. The Kier molecular flexibility index (Phi) is 5.28. The standard InChI is InChI=1S/C16H21N7O/c1-17-16(19-8-11-23-9-2-3-10-23)18-7-6-14-20-15(22-21-14)13-5-4-12-24-13/h2-5,9-10,12H,6-8,11H2,1H3,(H2,17,18,19)(H,20,21,22). The molecule has 0 unspecified atom stereocenters. The maximum atomic E-state index is 5.28. The molecule has 126 valence electrons. The van der Waals surface area contributed by atoms with Gasteiger partial charge in [0.15, 0.2) is 11.7 Å². The van der Waals surface area contributed by atoms with Gasteiger partial charge >= 0.3 is 0 Å². The van der Waals surface area contributed by atoms with E-state index in [1.807, 2.05) is 36.7 Å². The topological polar surface area (TPSA) is 96.1 Å². The van der Waals surface area contributed by atoms with Gasteiger partial charge in [0, 0.05) is 45.5 Å². The largest absolute Gasteiger partial charge is 0.461 e. The molecule has 0 fully saturated rings. The van der Waals surface area contributed by atoms with Crippen molar-refractivity contribution in [3.05, 3.63) is 48.7 Å². The van der Waals surface area contributed by atoms with E-state index in [1.54, 1.807) is 13.3 Å². The highest BCUT2D eigenvalue weighted by molar-refractivity contribution is 5.79. The summed E-state index contributed by atoms with van der Waals surface area (Å²) in [6, 6.07) is 7.68. The molecule has 0 bridgehead atoms. The zero-order chi connectivity index (χ0) is 16.6. The van der Waals surface area contributed by atoms with Crippen molar-refractivity contribution < 1.29 is 4.42 Å². The lowest BCUT2D eigenvalue weighted by Gasteiger charge is -2.11. The maximum absolute atomic E-state index is 5.28. The molecule has 0 aliphatic carbocycles. The Labute approximate surface area is 140 Å². The molecule has 0 aliphatic heterocycles. The molecule has 0 aromatic carbocycles. The summed E-state index contributed by atoms with van der Waals surface area (Å²) in [6.07, 6.45) is 6.40. The number of hydrogen-bond acceptors (Lipinski definition) is 4. The van der Waals surface area contributed by atoms with Gasteiger partial charge in [-0.15, -0.1) is 0 Å². The predicted octanol–water partition coefficient (Wildman–Crippen LogP) is 1.27. The molecule has 3 N–H and O–H groups in total. The summed E-state index contributed by atoms with van der Waals surface area (Å²) in [4.78, 5) is 8.62. The van der Waals surface area contributed by atoms with Gasteiger partial charge in [-0.2, -0.15) is 5.10 Å². The first-order valence-electron chi connectivity index (χ1n) is 7.85. The summed E-state index contributed by atoms with van der Waals surface area (Å²) in [5.41, 5.74) is 0. The summed E-state index contributed by atoms with van der Waals surface area (Å²) in [5.74, 6) is 2.81. The van der Waals surface area contributed by atoms with E-state index < -0.39 is 0 Å². The molecule has 0 aliphatic rings. The lowest BCUT2D eigenvalue weighted by atomic mass is 10.4. The zero-order valence-electron chi connectivity index (χ0n) is 13.6. The first kappa shape index (κ1) is 15.9. The molecule has 0 radical (unpaired) electrons. The van der Waals surface area contributed by atoms with Crippen molar-refractivity contribution in [1.82, 2.24) is 30.4 Å². The molecule has 8 nitrogen and oxygen atoms in total. The van der Waals surface area contributed by atoms with Gasteiger partial charge in [-0.25, -0.2) is 4.98 Å². The van der Waals surface area contributed by atoms with Gasteiger partial charge in [0.05, 0.1) is 6.26 Å². The quantitative estimate of drug-likeness (QED) is 0.449. The third-order valence-corrected chi connectivity index (χ3v) is 3.48. The Morgan fingerprint density at radius 1 is 1.25 bits per heavy atom. The van der Waals surface area contributed by atoms with E-state index in [1.165, 1.54) is 0 Å². The van der Waals surface area contributed by atoms with Gasteiger partial charge in [-0.05, 0) is 24.3 Å². The van der Waals surface area contributed by atoms with Crippen LogP contribution in [-0.4, -0.2) is 45.8 Å². The first-order valence-corrected chi connectivity index (χ1v) is 7.85. The first-order chi connectivity index (χ1) is 11.8. The third kappa shape index (κ3) is 4.25. The minimum Gasteiger partial charge on any atom is -0.461 e. The fourth-order valence-corrected chi connectivity index (χ4v) is 2.27. The van der Waals surface area contributed by atoms with E-state index in [2.05, 4.69) is 35.4 Å². The van der Waals surface area contributed by atoms with Crippen LogP contribution in [0, 0.1) is 0 Å². The van der Waals surface area contributed by atoms with Crippen LogP contribution in [-0.2, 0) is 13.0 Å². The van der Waals surface area contributed by atoms with Crippen LogP contribution in [0.15, 0.2) is 52.3 Å². The van der Waals surface area contributed by atoms with Gasteiger partial charge in [0.1, 0.15) is 5.82 Å². The number of nitrogens with one attached hydrogen (secondary N) is 3. The number of guanidine groups is 1. The van der Waals surface area contributed by atoms with Gasteiger partial charge in [0.25, 0.3) is 0 Å². The van der Waals surface area contributed by atoms with Crippen LogP contribution in [0.2, 0.25) is 0 Å². The van der Waals surface area contributed by atoms with Crippen LogP contribution in [0.3, 0.4) is 0 Å². The monoisotopic (exact) mass is 327 g/mol. The van der Waals surface area contributed by atoms with Crippen molar-refractivity contribution in [1.29, 1.82) is 0 Å². The fraction of sp³-hybridized carbons (Fsp3) is 0.312. The molecule has 3 heterocycles. The highest BCUT2D eigenvalue weighted by Crippen LogP contribution is 2.14. The minimum atomic E-state index is 0.573. The third-order valence-electron chi connectivity index (χ3n) is 3.48. The van der Waals surface area contributed by atoms with Crippen LogP contribution < -0.4 is 10.6 Å². The molecular formula is C16H21N7O. The van der Waals surface area contributed by atoms with Crippen LogP contribution in [0.25, 0.3) is 11.6 Å². The summed E-state index contributed by atoms with van der Waals surface area (Å²) < 4.78 is 7.39. The highest BCUT2D eigenvalue weighted by Gasteiger charge is 2.08. The maximum Gasteiger partial charge on any atom is 0.216 e. The molecule has 8 heteroatoms.